The molecule has 0 radical (unpaired) electrons. The normalized spacial score (nSPS) is 30.6. The molecule has 0 amide bonds. The number of rotatable bonds is 2. The minimum Gasteiger partial charge on any atom is -0.367 e. The smallest absolute Gasteiger partial charge is 0.126 e. The molecule has 2 saturated heterocycles. The van der Waals surface area contributed by atoms with Crippen molar-refractivity contribution in [1.29, 1.82) is 5.26 Å². The molecule has 0 aliphatic carbocycles. The summed E-state index contributed by atoms with van der Waals surface area (Å²) in [6.45, 7) is 0. The molecule has 2 unspecified atom stereocenters. The third kappa shape index (κ3) is 2.57. The van der Waals surface area contributed by atoms with Crippen LogP contribution in [0.25, 0.3) is 0 Å². The molecule has 3 rings (SSSR count). The van der Waals surface area contributed by atoms with E-state index in [2.05, 4.69) is 28.3 Å². The van der Waals surface area contributed by atoms with Crippen molar-refractivity contribution in [2.45, 2.75) is 50.2 Å². The molecule has 2 aliphatic heterocycles. The van der Waals surface area contributed by atoms with Crippen molar-refractivity contribution in [3.8, 4) is 6.07 Å². The van der Waals surface area contributed by atoms with Gasteiger partial charge in [0.25, 0.3) is 0 Å². The van der Waals surface area contributed by atoms with E-state index in [0.717, 1.165) is 17.9 Å². The zero-order chi connectivity index (χ0) is 13.2. The van der Waals surface area contributed by atoms with Crippen molar-refractivity contribution >= 4 is 5.82 Å². The number of piperidine rings is 2. The van der Waals surface area contributed by atoms with Crippen LogP contribution in [-0.4, -0.2) is 35.1 Å². The van der Waals surface area contributed by atoms with Gasteiger partial charge in [0.2, 0.25) is 0 Å². The highest BCUT2D eigenvalue weighted by molar-refractivity contribution is 5.40. The second-order valence-corrected chi connectivity index (χ2v) is 5.76. The van der Waals surface area contributed by atoms with Gasteiger partial charge in [-0.2, -0.15) is 5.26 Å². The van der Waals surface area contributed by atoms with E-state index in [1.165, 1.54) is 32.1 Å². The SMILES string of the molecule is CN1C2CCCC1CC(Nc1ccc(C#N)cn1)C2. The summed E-state index contributed by atoms with van der Waals surface area (Å²) in [6, 6.07) is 7.80. The van der Waals surface area contributed by atoms with E-state index in [1.54, 1.807) is 6.20 Å². The Morgan fingerprint density at radius 2 is 2.05 bits per heavy atom. The number of pyridine rings is 1. The van der Waals surface area contributed by atoms with Gasteiger partial charge >= 0.3 is 0 Å². The first-order valence-corrected chi connectivity index (χ1v) is 7.11. The van der Waals surface area contributed by atoms with E-state index in [4.69, 9.17) is 5.26 Å². The first-order chi connectivity index (χ1) is 9.26. The Morgan fingerprint density at radius 1 is 1.32 bits per heavy atom. The Bertz CT molecular complexity index is 462. The van der Waals surface area contributed by atoms with Gasteiger partial charge in [-0.1, -0.05) is 6.42 Å². The van der Waals surface area contributed by atoms with Crippen LogP contribution in [0.1, 0.15) is 37.7 Å². The fraction of sp³-hybridized carbons (Fsp3) is 0.600. The molecule has 0 saturated carbocycles. The number of hydrogen-bond acceptors (Lipinski definition) is 4. The van der Waals surface area contributed by atoms with Crippen molar-refractivity contribution in [2.75, 3.05) is 12.4 Å². The minimum atomic E-state index is 0.520. The van der Waals surface area contributed by atoms with Crippen LogP contribution in [-0.2, 0) is 0 Å². The number of fused-ring (bicyclic) bond motifs is 2. The van der Waals surface area contributed by atoms with Gasteiger partial charge in [0.1, 0.15) is 11.9 Å². The van der Waals surface area contributed by atoms with Gasteiger partial charge in [-0.15, -0.1) is 0 Å². The number of nitrogens with zero attached hydrogens (tertiary/aromatic N) is 3. The highest BCUT2D eigenvalue weighted by Gasteiger charge is 2.35. The molecule has 100 valence electrons. The molecule has 0 spiro atoms. The van der Waals surface area contributed by atoms with Crippen LogP contribution in [0.4, 0.5) is 5.82 Å². The topological polar surface area (TPSA) is 52.0 Å². The van der Waals surface area contributed by atoms with Crippen molar-refractivity contribution in [1.82, 2.24) is 9.88 Å². The summed E-state index contributed by atoms with van der Waals surface area (Å²) >= 11 is 0. The predicted molar refractivity (Wildman–Crippen MR) is 74.8 cm³/mol. The van der Waals surface area contributed by atoms with Gasteiger partial charge in [0, 0.05) is 24.3 Å². The average Bonchev–Trinajstić information content (AvgIpc) is 2.41. The van der Waals surface area contributed by atoms with E-state index in [0.29, 0.717) is 11.6 Å². The predicted octanol–water partition coefficient (Wildman–Crippen LogP) is 2.38. The molecule has 1 aromatic heterocycles. The number of aromatic nitrogens is 1. The summed E-state index contributed by atoms with van der Waals surface area (Å²) in [4.78, 5) is 6.87. The molecule has 2 fully saturated rings. The molecular weight excluding hydrogens is 236 g/mol. The molecule has 2 aliphatic rings. The zero-order valence-electron chi connectivity index (χ0n) is 11.3. The lowest BCUT2D eigenvalue weighted by atomic mass is 9.82. The molecule has 4 nitrogen and oxygen atoms in total. The highest BCUT2D eigenvalue weighted by atomic mass is 15.2. The van der Waals surface area contributed by atoms with Crippen LogP contribution >= 0.6 is 0 Å². The van der Waals surface area contributed by atoms with Crippen LogP contribution in [0.5, 0.6) is 0 Å². The van der Waals surface area contributed by atoms with E-state index in [9.17, 15) is 0 Å². The van der Waals surface area contributed by atoms with Crippen LogP contribution < -0.4 is 5.32 Å². The van der Waals surface area contributed by atoms with Crippen LogP contribution in [0.3, 0.4) is 0 Å². The van der Waals surface area contributed by atoms with E-state index < -0.39 is 0 Å². The Kier molecular flexibility index (Phi) is 3.39. The van der Waals surface area contributed by atoms with E-state index in [-0.39, 0.29) is 0 Å². The van der Waals surface area contributed by atoms with E-state index in [1.807, 2.05) is 12.1 Å². The zero-order valence-corrected chi connectivity index (χ0v) is 11.3. The average molecular weight is 256 g/mol. The molecule has 1 N–H and O–H groups in total. The molecule has 1 aromatic rings. The third-order valence-electron chi connectivity index (χ3n) is 4.58. The highest BCUT2D eigenvalue weighted by Crippen LogP contribution is 2.33. The van der Waals surface area contributed by atoms with Crippen molar-refractivity contribution < 1.29 is 0 Å². The molecule has 19 heavy (non-hydrogen) atoms. The molecule has 0 aromatic carbocycles. The largest absolute Gasteiger partial charge is 0.367 e. The summed E-state index contributed by atoms with van der Waals surface area (Å²) in [5.41, 5.74) is 0.616. The lowest BCUT2D eigenvalue weighted by Gasteiger charge is -2.47. The second-order valence-electron chi connectivity index (χ2n) is 5.76. The summed E-state index contributed by atoms with van der Waals surface area (Å²) in [5.74, 6) is 0.895. The maximum absolute atomic E-state index is 8.77. The quantitative estimate of drug-likeness (QED) is 0.882. The molecular formula is C15H20N4. The van der Waals surface area contributed by atoms with Gasteiger partial charge in [-0.05, 0) is 44.9 Å². The van der Waals surface area contributed by atoms with Crippen LogP contribution in [0.2, 0.25) is 0 Å². The lowest BCUT2D eigenvalue weighted by Crippen LogP contribution is -2.52. The number of hydrogen-bond donors (Lipinski definition) is 1. The monoisotopic (exact) mass is 256 g/mol. The van der Waals surface area contributed by atoms with Crippen LogP contribution in [0.15, 0.2) is 18.3 Å². The summed E-state index contributed by atoms with van der Waals surface area (Å²) in [5, 5.41) is 12.3. The van der Waals surface area contributed by atoms with E-state index >= 15 is 0 Å². The fourth-order valence-corrected chi connectivity index (χ4v) is 3.49. The Balaban J connectivity index is 1.65. The summed E-state index contributed by atoms with van der Waals surface area (Å²) in [6.07, 6.45) is 8.07. The number of nitrogens with one attached hydrogen (secondary N) is 1. The summed E-state index contributed by atoms with van der Waals surface area (Å²) in [7, 11) is 2.27. The lowest BCUT2D eigenvalue weighted by molar-refractivity contribution is 0.0608. The van der Waals surface area contributed by atoms with Crippen molar-refractivity contribution in [2.24, 2.45) is 0 Å². The molecule has 2 bridgehead atoms. The Hall–Kier alpha value is -1.60. The van der Waals surface area contributed by atoms with Gasteiger partial charge < -0.3 is 10.2 Å². The van der Waals surface area contributed by atoms with Crippen molar-refractivity contribution in [3.63, 3.8) is 0 Å². The van der Waals surface area contributed by atoms with Gasteiger partial charge in [-0.3, -0.25) is 0 Å². The maximum Gasteiger partial charge on any atom is 0.126 e. The fourth-order valence-electron chi connectivity index (χ4n) is 3.49. The number of nitriles is 1. The molecule has 3 heterocycles. The van der Waals surface area contributed by atoms with Gasteiger partial charge in [0.15, 0.2) is 0 Å². The molecule has 4 heteroatoms. The third-order valence-corrected chi connectivity index (χ3v) is 4.58. The van der Waals surface area contributed by atoms with Gasteiger partial charge in [0.05, 0.1) is 5.56 Å². The van der Waals surface area contributed by atoms with Gasteiger partial charge in [-0.25, -0.2) is 4.98 Å². The Morgan fingerprint density at radius 3 is 2.63 bits per heavy atom. The first-order valence-electron chi connectivity index (χ1n) is 7.11. The maximum atomic E-state index is 8.77. The standard InChI is InChI=1S/C15H20N4/c1-19-13-3-2-4-14(19)8-12(7-13)18-15-6-5-11(9-16)10-17-15/h5-6,10,12-14H,2-4,7-8H2,1H3,(H,17,18). The van der Waals surface area contributed by atoms with Crippen LogP contribution in [0, 0.1) is 11.3 Å². The number of anilines is 1. The second kappa shape index (κ2) is 5.18. The molecule has 2 atom stereocenters. The first kappa shape index (κ1) is 12.4. The Labute approximate surface area is 114 Å². The van der Waals surface area contributed by atoms with Crippen molar-refractivity contribution in [3.05, 3.63) is 23.9 Å². The minimum absolute atomic E-state index is 0.520. The summed E-state index contributed by atoms with van der Waals surface area (Å²) < 4.78 is 0.